The van der Waals surface area contributed by atoms with Crippen LogP contribution >= 0.6 is 11.3 Å². The summed E-state index contributed by atoms with van der Waals surface area (Å²) in [6.07, 6.45) is 1.29. The van der Waals surface area contributed by atoms with Gasteiger partial charge in [0.2, 0.25) is 6.08 Å². The fourth-order valence-corrected chi connectivity index (χ4v) is 1.88. The molecule has 0 amide bonds. The maximum Gasteiger partial charge on any atom is 0.351 e. The van der Waals surface area contributed by atoms with Crippen LogP contribution in [0.1, 0.15) is 23.5 Å². The van der Waals surface area contributed by atoms with Gasteiger partial charge in [-0.2, -0.15) is 4.99 Å². The van der Waals surface area contributed by atoms with Crippen molar-refractivity contribution in [3.8, 4) is 5.75 Å². The Kier molecular flexibility index (Phi) is 4.22. The lowest BCUT2D eigenvalue weighted by atomic mass is 10.3. The second kappa shape index (κ2) is 5.44. The van der Waals surface area contributed by atoms with Crippen LogP contribution in [0.15, 0.2) is 10.4 Å². The van der Waals surface area contributed by atoms with Crippen LogP contribution in [-0.2, 0) is 9.53 Å². The van der Waals surface area contributed by atoms with Gasteiger partial charge in [0, 0.05) is 5.38 Å². The summed E-state index contributed by atoms with van der Waals surface area (Å²) in [6, 6.07) is 0. The maximum absolute atomic E-state index is 11.4. The summed E-state index contributed by atoms with van der Waals surface area (Å²) in [5.74, 6) is -0.233. The van der Waals surface area contributed by atoms with Crippen LogP contribution in [0, 0.1) is 0 Å². The summed E-state index contributed by atoms with van der Waals surface area (Å²) in [4.78, 5) is 25.4. The van der Waals surface area contributed by atoms with Crippen molar-refractivity contribution in [2.24, 2.45) is 4.99 Å². The van der Waals surface area contributed by atoms with E-state index in [9.17, 15) is 9.59 Å². The number of carbonyl (C=O) groups is 1. The molecule has 0 aromatic carbocycles. The highest BCUT2D eigenvalue weighted by atomic mass is 32.1. The third-order valence-corrected chi connectivity index (χ3v) is 2.55. The van der Waals surface area contributed by atoms with Crippen LogP contribution in [0.25, 0.3) is 0 Å². The third kappa shape index (κ3) is 2.68. The minimum atomic E-state index is -0.506. The molecule has 0 atom stereocenters. The summed E-state index contributed by atoms with van der Waals surface area (Å²) >= 11 is 1.12. The van der Waals surface area contributed by atoms with Crippen LogP contribution in [0.5, 0.6) is 5.75 Å². The summed E-state index contributed by atoms with van der Waals surface area (Å²) in [5.41, 5.74) is 0.300. The molecule has 0 N–H and O–H groups in total. The van der Waals surface area contributed by atoms with E-state index in [1.165, 1.54) is 13.2 Å². The van der Waals surface area contributed by atoms with Gasteiger partial charge in [-0.05, 0) is 13.8 Å². The van der Waals surface area contributed by atoms with Gasteiger partial charge in [-0.3, -0.25) is 0 Å². The Hall–Kier alpha value is -1.65. The Bertz CT molecular complexity index is 432. The minimum Gasteiger partial charge on any atom is -0.487 e. The van der Waals surface area contributed by atoms with Gasteiger partial charge in [-0.25, -0.2) is 9.59 Å². The smallest absolute Gasteiger partial charge is 0.351 e. The van der Waals surface area contributed by atoms with E-state index in [4.69, 9.17) is 4.74 Å². The van der Waals surface area contributed by atoms with Crippen molar-refractivity contribution in [3.63, 3.8) is 0 Å². The van der Waals surface area contributed by atoms with Gasteiger partial charge in [0.05, 0.1) is 13.2 Å². The zero-order valence-corrected chi connectivity index (χ0v) is 9.96. The highest BCUT2D eigenvalue weighted by Crippen LogP contribution is 2.38. The molecule has 1 rings (SSSR count). The van der Waals surface area contributed by atoms with Gasteiger partial charge < -0.3 is 9.47 Å². The average Bonchev–Trinajstić information content (AvgIpc) is 2.61. The van der Waals surface area contributed by atoms with Crippen LogP contribution in [0.2, 0.25) is 0 Å². The predicted octanol–water partition coefficient (Wildman–Crippen LogP) is 2.29. The highest BCUT2D eigenvalue weighted by Gasteiger charge is 2.21. The number of esters is 1. The van der Waals surface area contributed by atoms with Gasteiger partial charge in [-0.15, -0.1) is 11.3 Å². The van der Waals surface area contributed by atoms with Crippen molar-refractivity contribution in [1.82, 2.24) is 0 Å². The Morgan fingerprint density at radius 1 is 1.56 bits per heavy atom. The van der Waals surface area contributed by atoms with Crippen molar-refractivity contribution in [3.05, 3.63) is 10.3 Å². The van der Waals surface area contributed by atoms with Gasteiger partial charge >= 0.3 is 5.97 Å². The lowest BCUT2D eigenvalue weighted by Crippen LogP contribution is -2.09. The molecule has 0 aliphatic carbocycles. The molecule has 16 heavy (non-hydrogen) atoms. The molecule has 0 radical (unpaired) electrons. The number of isocyanates is 1. The van der Waals surface area contributed by atoms with E-state index in [1.807, 2.05) is 13.8 Å². The molecule has 1 aromatic heterocycles. The number of aliphatic imine (C=N–C) groups is 1. The number of hydrogen-bond donors (Lipinski definition) is 0. The van der Waals surface area contributed by atoms with E-state index in [-0.39, 0.29) is 11.9 Å². The molecule has 1 aromatic rings. The number of rotatable bonds is 4. The van der Waals surface area contributed by atoms with Crippen molar-refractivity contribution in [1.29, 1.82) is 0 Å². The number of thiophene rings is 1. The first kappa shape index (κ1) is 12.4. The van der Waals surface area contributed by atoms with Gasteiger partial charge in [0.25, 0.3) is 0 Å². The normalized spacial score (nSPS) is 9.75. The van der Waals surface area contributed by atoms with Crippen molar-refractivity contribution in [2.45, 2.75) is 20.0 Å². The second-order valence-corrected chi connectivity index (χ2v) is 4.02. The number of carbonyl (C=O) groups excluding carboxylic acids is 2. The molecule has 0 unspecified atom stereocenters. The highest BCUT2D eigenvalue weighted by molar-refractivity contribution is 7.12. The van der Waals surface area contributed by atoms with Gasteiger partial charge in [0.15, 0.2) is 10.6 Å². The Labute approximate surface area is 96.7 Å². The summed E-state index contributed by atoms with van der Waals surface area (Å²) in [7, 11) is 1.28. The predicted molar refractivity (Wildman–Crippen MR) is 59.2 cm³/mol. The van der Waals surface area contributed by atoms with Gasteiger partial charge in [0.1, 0.15) is 5.69 Å². The quantitative estimate of drug-likeness (QED) is 0.461. The zero-order chi connectivity index (χ0) is 12.1. The van der Waals surface area contributed by atoms with Crippen LogP contribution in [-0.4, -0.2) is 25.3 Å². The third-order valence-electron chi connectivity index (χ3n) is 1.62. The van der Waals surface area contributed by atoms with Crippen LogP contribution < -0.4 is 4.74 Å². The van der Waals surface area contributed by atoms with Crippen LogP contribution in [0.3, 0.4) is 0 Å². The number of nitrogens with zero attached hydrogens (tertiary/aromatic N) is 1. The monoisotopic (exact) mass is 241 g/mol. The fraction of sp³-hybridized carbons (Fsp3) is 0.400. The SMILES string of the molecule is COC(=O)c1scc(N=C=O)c1OC(C)C. The van der Waals surface area contributed by atoms with Crippen molar-refractivity contribution < 1.29 is 19.1 Å². The molecule has 0 fully saturated rings. The first-order valence-electron chi connectivity index (χ1n) is 4.54. The number of ether oxygens (including phenoxy) is 2. The van der Waals surface area contributed by atoms with Crippen molar-refractivity contribution >= 4 is 29.1 Å². The molecule has 0 bridgehead atoms. The molecular weight excluding hydrogens is 230 g/mol. The van der Waals surface area contributed by atoms with E-state index >= 15 is 0 Å². The van der Waals surface area contributed by atoms with Crippen molar-refractivity contribution in [2.75, 3.05) is 7.11 Å². The average molecular weight is 241 g/mol. The lowest BCUT2D eigenvalue weighted by molar-refractivity contribution is 0.0600. The van der Waals surface area contributed by atoms with E-state index in [2.05, 4.69) is 9.73 Å². The maximum atomic E-state index is 11.4. The van der Waals surface area contributed by atoms with E-state index in [1.54, 1.807) is 5.38 Å². The van der Waals surface area contributed by atoms with E-state index < -0.39 is 5.97 Å². The Balaban J connectivity index is 3.18. The zero-order valence-electron chi connectivity index (χ0n) is 9.14. The number of hydrogen-bond acceptors (Lipinski definition) is 6. The fourth-order valence-electron chi connectivity index (χ4n) is 1.05. The van der Waals surface area contributed by atoms with E-state index in [0.29, 0.717) is 10.6 Å². The molecular formula is C10H11NO4S. The minimum absolute atomic E-state index is 0.126. The second-order valence-electron chi connectivity index (χ2n) is 3.14. The van der Waals surface area contributed by atoms with Crippen LogP contribution in [0.4, 0.5) is 5.69 Å². The summed E-state index contributed by atoms with van der Waals surface area (Å²) in [6.45, 7) is 3.63. The lowest BCUT2D eigenvalue weighted by Gasteiger charge is -2.10. The molecule has 86 valence electrons. The summed E-state index contributed by atoms with van der Waals surface area (Å²) < 4.78 is 10.0. The Morgan fingerprint density at radius 2 is 2.25 bits per heavy atom. The molecule has 6 heteroatoms. The molecule has 0 aliphatic heterocycles. The number of methoxy groups -OCH3 is 1. The largest absolute Gasteiger partial charge is 0.487 e. The molecule has 0 spiro atoms. The van der Waals surface area contributed by atoms with E-state index in [0.717, 1.165) is 11.3 Å². The Morgan fingerprint density at radius 3 is 2.75 bits per heavy atom. The van der Waals surface area contributed by atoms with Gasteiger partial charge in [-0.1, -0.05) is 0 Å². The molecule has 1 heterocycles. The molecule has 0 saturated carbocycles. The first-order valence-corrected chi connectivity index (χ1v) is 5.42. The molecule has 0 saturated heterocycles. The standard InChI is InChI=1S/C10H11NO4S/c1-6(2)15-8-7(11-5-12)4-16-9(8)10(13)14-3/h4,6H,1-3H3. The summed E-state index contributed by atoms with van der Waals surface area (Å²) in [5, 5.41) is 1.55. The molecule has 5 nitrogen and oxygen atoms in total. The topological polar surface area (TPSA) is 65.0 Å². The molecule has 0 aliphatic rings. The first-order chi connectivity index (χ1) is 7.60.